The molecule has 0 bridgehead atoms. The molecule has 2 nitrogen and oxygen atoms in total. The van der Waals surface area contributed by atoms with Gasteiger partial charge in [0.2, 0.25) is 0 Å². The van der Waals surface area contributed by atoms with Crippen molar-refractivity contribution < 1.29 is 4.42 Å². The van der Waals surface area contributed by atoms with Crippen molar-refractivity contribution in [1.29, 1.82) is 0 Å². The molecule has 0 atom stereocenters. The molecule has 126 valence electrons. The fourth-order valence-electron chi connectivity index (χ4n) is 3.09. The molecule has 0 aliphatic rings. The summed E-state index contributed by atoms with van der Waals surface area (Å²) in [6.07, 6.45) is 14.8. The second-order valence-corrected chi connectivity index (χ2v) is 6.56. The summed E-state index contributed by atoms with van der Waals surface area (Å²) < 4.78 is 5.17. The van der Waals surface area contributed by atoms with E-state index in [0.29, 0.717) is 5.58 Å². The predicted molar refractivity (Wildman–Crippen MR) is 98.0 cm³/mol. The van der Waals surface area contributed by atoms with Crippen LogP contribution >= 0.6 is 0 Å². The van der Waals surface area contributed by atoms with E-state index < -0.39 is 0 Å². The monoisotopic (exact) mass is 314 g/mol. The van der Waals surface area contributed by atoms with Gasteiger partial charge in [0.1, 0.15) is 5.58 Å². The molecule has 0 radical (unpaired) electrons. The molecule has 0 aliphatic heterocycles. The van der Waals surface area contributed by atoms with Crippen LogP contribution in [0.5, 0.6) is 0 Å². The van der Waals surface area contributed by atoms with Gasteiger partial charge >= 0.3 is 5.63 Å². The number of aryl methyl sites for hydroxylation is 1. The van der Waals surface area contributed by atoms with Crippen molar-refractivity contribution in [2.75, 3.05) is 0 Å². The first-order valence-electron chi connectivity index (χ1n) is 9.32. The number of fused-ring (bicyclic) bond motifs is 1. The lowest BCUT2D eigenvalue weighted by Gasteiger charge is -2.04. The van der Waals surface area contributed by atoms with Crippen LogP contribution in [0.2, 0.25) is 0 Å². The fourth-order valence-corrected chi connectivity index (χ4v) is 3.09. The van der Waals surface area contributed by atoms with Crippen LogP contribution in [0.4, 0.5) is 0 Å². The third-order valence-corrected chi connectivity index (χ3v) is 4.50. The summed E-state index contributed by atoms with van der Waals surface area (Å²) in [5.74, 6) is 0. The molecule has 1 heterocycles. The molecule has 0 amide bonds. The van der Waals surface area contributed by atoms with Gasteiger partial charge in [0.25, 0.3) is 0 Å². The first-order chi connectivity index (χ1) is 11.3. The van der Waals surface area contributed by atoms with Crippen molar-refractivity contribution in [1.82, 2.24) is 0 Å². The Labute approximate surface area is 139 Å². The van der Waals surface area contributed by atoms with Crippen LogP contribution in [0.3, 0.4) is 0 Å². The Balaban J connectivity index is 1.59. The summed E-state index contributed by atoms with van der Waals surface area (Å²) in [4.78, 5) is 11.2. The largest absolute Gasteiger partial charge is 0.423 e. The minimum atomic E-state index is -0.278. The molecule has 0 N–H and O–H groups in total. The van der Waals surface area contributed by atoms with E-state index in [9.17, 15) is 4.79 Å². The normalized spacial score (nSPS) is 11.2. The summed E-state index contributed by atoms with van der Waals surface area (Å²) in [6.45, 7) is 2.27. The molecule has 1 aromatic carbocycles. The molecule has 2 rings (SSSR count). The smallest absolute Gasteiger partial charge is 0.336 e. The maximum Gasteiger partial charge on any atom is 0.336 e. The van der Waals surface area contributed by atoms with Crippen molar-refractivity contribution in [3.05, 3.63) is 46.3 Å². The predicted octanol–water partition coefficient (Wildman–Crippen LogP) is 6.26. The molecule has 0 saturated carbocycles. The Morgan fingerprint density at radius 2 is 1.43 bits per heavy atom. The Morgan fingerprint density at radius 3 is 2.13 bits per heavy atom. The summed E-state index contributed by atoms with van der Waals surface area (Å²) in [7, 11) is 0. The zero-order valence-electron chi connectivity index (χ0n) is 14.5. The van der Waals surface area contributed by atoms with Crippen molar-refractivity contribution >= 4 is 11.0 Å². The molecule has 1 aromatic heterocycles. The molecule has 0 unspecified atom stereocenters. The van der Waals surface area contributed by atoms with Gasteiger partial charge in [0, 0.05) is 11.5 Å². The van der Waals surface area contributed by atoms with E-state index >= 15 is 0 Å². The number of hydrogen-bond donors (Lipinski definition) is 0. The van der Waals surface area contributed by atoms with E-state index in [2.05, 4.69) is 19.1 Å². The van der Waals surface area contributed by atoms with Crippen LogP contribution in [0.25, 0.3) is 11.0 Å². The lowest BCUT2D eigenvalue weighted by Crippen LogP contribution is -1.95. The van der Waals surface area contributed by atoms with Crippen LogP contribution in [0, 0.1) is 0 Å². The zero-order valence-corrected chi connectivity index (χ0v) is 14.5. The number of rotatable bonds is 11. The fraction of sp³-hybridized carbons (Fsp3) is 0.571. The van der Waals surface area contributed by atoms with Gasteiger partial charge in [0.05, 0.1) is 0 Å². The quantitative estimate of drug-likeness (QED) is 0.362. The van der Waals surface area contributed by atoms with Gasteiger partial charge in [-0.05, 0) is 36.6 Å². The van der Waals surface area contributed by atoms with Gasteiger partial charge in [-0.3, -0.25) is 0 Å². The van der Waals surface area contributed by atoms with E-state index in [1.54, 1.807) is 0 Å². The number of hydrogen-bond acceptors (Lipinski definition) is 2. The SMILES string of the molecule is CCCCCCCCCCCCc1ccc2oc(=O)ccc2c1. The molecule has 0 spiro atoms. The number of unbranched alkanes of at least 4 members (excludes halogenated alkanes) is 9. The molecule has 0 saturated heterocycles. The Kier molecular flexibility index (Phi) is 7.92. The van der Waals surface area contributed by atoms with E-state index in [0.717, 1.165) is 11.8 Å². The molecule has 0 fully saturated rings. The minimum absolute atomic E-state index is 0.278. The Bertz CT molecular complexity index is 627. The van der Waals surface area contributed by atoms with Crippen LogP contribution < -0.4 is 5.63 Å². The third kappa shape index (κ3) is 6.60. The van der Waals surface area contributed by atoms with Crippen LogP contribution in [0.1, 0.15) is 76.7 Å². The first-order valence-corrected chi connectivity index (χ1v) is 9.32. The highest BCUT2D eigenvalue weighted by atomic mass is 16.4. The average Bonchev–Trinajstić information content (AvgIpc) is 2.56. The minimum Gasteiger partial charge on any atom is -0.423 e. The molecule has 2 aromatic rings. The summed E-state index contributed by atoms with van der Waals surface area (Å²) >= 11 is 0. The van der Waals surface area contributed by atoms with Gasteiger partial charge in [-0.25, -0.2) is 4.79 Å². The molecule has 2 heteroatoms. The van der Waals surface area contributed by atoms with E-state index in [-0.39, 0.29) is 5.63 Å². The van der Waals surface area contributed by atoms with Crippen LogP contribution in [-0.2, 0) is 6.42 Å². The summed E-state index contributed by atoms with van der Waals surface area (Å²) in [5, 5.41) is 1.02. The van der Waals surface area contributed by atoms with Gasteiger partial charge in [-0.1, -0.05) is 70.8 Å². The zero-order chi connectivity index (χ0) is 16.3. The topological polar surface area (TPSA) is 30.2 Å². The molecular weight excluding hydrogens is 284 g/mol. The number of benzene rings is 1. The highest BCUT2D eigenvalue weighted by Gasteiger charge is 2.00. The van der Waals surface area contributed by atoms with Gasteiger partial charge in [-0.2, -0.15) is 0 Å². The van der Waals surface area contributed by atoms with Crippen molar-refractivity contribution in [2.45, 2.75) is 77.6 Å². The Morgan fingerprint density at radius 1 is 0.783 bits per heavy atom. The van der Waals surface area contributed by atoms with Crippen molar-refractivity contribution in [3.63, 3.8) is 0 Å². The lowest BCUT2D eigenvalue weighted by molar-refractivity contribution is 0.555. The van der Waals surface area contributed by atoms with Crippen molar-refractivity contribution in [3.8, 4) is 0 Å². The Hall–Kier alpha value is -1.57. The standard InChI is InChI=1S/C21H30O2/c1-2-3-4-5-6-7-8-9-10-11-12-18-13-15-20-19(17-18)14-16-21(22)23-20/h13-17H,2-12H2,1H3. The average molecular weight is 314 g/mol. The second-order valence-electron chi connectivity index (χ2n) is 6.56. The second kappa shape index (κ2) is 10.3. The van der Waals surface area contributed by atoms with Gasteiger partial charge in [0.15, 0.2) is 0 Å². The van der Waals surface area contributed by atoms with Gasteiger partial charge in [-0.15, -0.1) is 0 Å². The van der Waals surface area contributed by atoms with Crippen LogP contribution in [-0.4, -0.2) is 0 Å². The summed E-state index contributed by atoms with van der Waals surface area (Å²) in [6, 6.07) is 9.49. The molecular formula is C21H30O2. The highest BCUT2D eigenvalue weighted by molar-refractivity contribution is 5.76. The van der Waals surface area contributed by atoms with E-state index in [1.165, 1.54) is 75.8 Å². The lowest BCUT2D eigenvalue weighted by atomic mass is 10.0. The van der Waals surface area contributed by atoms with Crippen molar-refractivity contribution in [2.24, 2.45) is 0 Å². The third-order valence-electron chi connectivity index (χ3n) is 4.50. The maximum atomic E-state index is 11.2. The highest BCUT2D eigenvalue weighted by Crippen LogP contribution is 2.17. The maximum absolute atomic E-state index is 11.2. The van der Waals surface area contributed by atoms with Crippen LogP contribution in [0.15, 0.2) is 39.5 Å². The first kappa shape index (κ1) is 17.8. The van der Waals surface area contributed by atoms with E-state index in [4.69, 9.17) is 4.42 Å². The molecule has 23 heavy (non-hydrogen) atoms. The van der Waals surface area contributed by atoms with Gasteiger partial charge < -0.3 is 4.42 Å². The van der Waals surface area contributed by atoms with E-state index in [1.807, 2.05) is 12.1 Å². The summed E-state index contributed by atoms with van der Waals surface area (Å²) in [5.41, 5.74) is 1.75. The molecule has 0 aliphatic carbocycles.